The van der Waals surface area contributed by atoms with E-state index in [2.05, 4.69) is 44.8 Å². The van der Waals surface area contributed by atoms with Crippen molar-refractivity contribution in [2.45, 2.75) is 52.4 Å². The Morgan fingerprint density at radius 2 is 2.11 bits per heavy atom. The Labute approximate surface area is 159 Å². The molecule has 0 radical (unpaired) electrons. The zero-order chi connectivity index (χ0) is 19.0. The van der Waals surface area contributed by atoms with Crippen molar-refractivity contribution < 1.29 is 9.53 Å². The van der Waals surface area contributed by atoms with Crippen LogP contribution in [0.4, 0.5) is 0 Å². The van der Waals surface area contributed by atoms with E-state index in [-0.39, 0.29) is 11.9 Å². The van der Waals surface area contributed by atoms with E-state index >= 15 is 0 Å². The third-order valence-corrected chi connectivity index (χ3v) is 5.70. The summed E-state index contributed by atoms with van der Waals surface area (Å²) in [6.07, 6.45) is 2.24. The van der Waals surface area contributed by atoms with Crippen molar-refractivity contribution in [3.05, 3.63) is 41.0 Å². The van der Waals surface area contributed by atoms with Crippen molar-refractivity contribution in [3.8, 4) is 5.75 Å². The number of fused-ring (bicyclic) bond motifs is 1. The van der Waals surface area contributed by atoms with Crippen LogP contribution in [0.3, 0.4) is 0 Å². The van der Waals surface area contributed by atoms with Crippen LogP contribution in [0.25, 0.3) is 0 Å². The Kier molecular flexibility index (Phi) is 4.86. The van der Waals surface area contributed by atoms with Crippen molar-refractivity contribution in [2.75, 3.05) is 20.2 Å². The minimum Gasteiger partial charge on any atom is -0.496 e. The molecule has 0 bridgehead atoms. The van der Waals surface area contributed by atoms with Crippen LogP contribution < -0.4 is 4.74 Å². The van der Waals surface area contributed by atoms with Gasteiger partial charge in [-0.2, -0.15) is 0 Å². The van der Waals surface area contributed by atoms with Crippen LogP contribution in [-0.2, 0) is 24.4 Å². The topological polar surface area (TPSA) is 63.5 Å². The van der Waals surface area contributed by atoms with Gasteiger partial charge in [-0.25, -0.2) is 0 Å². The molecule has 1 fully saturated rings. The molecular weight excluding hydrogens is 342 g/mol. The predicted molar refractivity (Wildman–Crippen MR) is 101 cm³/mol. The normalized spacial score (nSPS) is 20.0. The van der Waals surface area contributed by atoms with Crippen molar-refractivity contribution >= 4 is 5.91 Å². The molecule has 1 saturated heterocycles. The zero-order valence-corrected chi connectivity index (χ0v) is 16.3. The molecule has 7 nitrogen and oxygen atoms in total. The number of methoxy groups -OCH3 is 1. The maximum Gasteiger partial charge on any atom is 0.219 e. The van der Waals surface area contributed by atoms with E-state index in [9.17, 15) is 4.79 Å². The van der Waals surface area contributed by atoms with Crippen molar-refractivity contribution in [3.63, 3.8) is 0 Å². The smallest absolute Gasteiger partial charge is 0.219 e. The van der Waals surface area contributed by atoms with Gasteiger partial charge in [0, 0.05) is 32.1 Å². The summed E-state index contributed by atoms with van der Waals surface area (Å²) >= 11 is 0. The molecule has 144 valence electrons. The average Bonchev–Trinajstić information content (AvgIpc) is 3.28. The van der Waals surface area contributed by atoms with Crippen LogP contribution in [0.5, 0.6) is 5.75 Å². The van der Waals surface area contributed by atoms with Gasteiger partial charge in [0.05, 0.1) is 19.7 Å². The fourth-order valence-electron chi connectivity index (χ4n) is 4.20. The molecule has 27 heavy (non-hydrogen) atoms. The minimum atomic E-state index is 0.0970. The Balaban J connectivity index is 1.56. The molecule has 0 saturated carbocycles. The van der Waals surface area contributed by atoms with Crippen LogP contribution in [0, 0.1) is 6.92 Å². The average molecular weight is 369 g/mol. The summed E-state index contributed by atoms with van der Waals surface area (Å²) < 4.78 is 7.81. The summed E-state index contributed by atoms with van der Waals surface area (Å²) in [6.45, 7) is 7.64. The summed E-state index contributed by atoms with van der Waals surface area (Å²) in [5.74, 6) is 2.98. The highest BCUT2D eigenvalue weighted by Crippen LogP contribution is 2.34. The van der Waals surface area contributed by atoms with Gasteiger partial charge in [-0.1, -0.05) is 12.1 Å². The molecule has 0 spiro atoms. The van der Waals surface area contributed by atoms with Gasteiger partial charge < -0.3 is 14.2 Å². The molecule has 7 heteroatoms. The highest BCUT2D eigenvalue weighted by atomic mass is 16.5. The van der Waals surface area contributed by atoms with Crippen molar-refractivity contribution in [1.82, 2.24) is 24.6 Å². The van der Waals surface area contributed by atoms with E-state index in [1.54, 1.807) is 14.0 Å². The molecule has 0 aliphatic carbocycles. The lowest BCUT2D eigenvalue weighted by Crippen LogP contribution is -2.38. The van der Waals surface area contributed by atoms with Crippen molar-refractivity contribution in [2.24, 2.45) is 0 Å². The van der Waals surface area contributed by atoms with Gasteiger partial charge in [0.1, 0.15) is 5.75 Å². The monoisotopic (exact) mass is 369 g/mol. The zero-order valence-electron chi connectivity index (χ0n) is 16.3. The predicted octanol–water partition coefficient (Wildman–Crippen LogP) is 2.29. The SMILES string of the molecule is COc1cc(C)ccc1CN1CCC[C@H]1c1nnc2n1CCN(C(C)=O)C2. The summed E-state index contributed by atoms with van der Waals surface area (Å²) in [6, 6.07) is 6.66. The van der Waals surface area contributed by atoms with Gasteiger partial charge >= 0.3 is 0 Å². The number of nitrogens with zero attached hydrogens (tertiary/aromatic N) is 5. The second-order valence-electron chi connectivity index (χ2n) is 7.51. The molecule has 0 unspecified atom stereocenters. The van der Waals surface area contributed by atoms with Crippen LogP contribution in [0.15, 0.2) is 18.2 Å². The number of aromatic nitrogens is 3. The van der Waals surface area contributed by atoms with Gasteiger partial charge in [0.2, 0.25) is 5.91 Å². The van der Waals surface area contributed by atoms with Gasteiger partial charge in [-0.05, 0) is 37.9 Å². The second kappa shape index (κ2) is 7.31. The number of benzene rings is 1. The third kappa shape index (κ3) is 3.43. The molecule has 2 aliphatic heterocycles. The van der Waals surface area contributed by atoms with Crippen LogP contribution in [0.1, 0.15) is 48.6 Å². The van der Waals surface area contributed by atoms with E-state index in [1.165, 1.54) is 11.1 Å². The lowest BCUT2D eigenvalue weighted by molar-refractivity contribution is -0.130. The number of carbonyl (C=O) groups excluding carboxylic acids is 1. The first kappa shape index (κ1) is 18.0. The first-order valence-corrected chi connectivity index (χ1v) is 9.62. The van der Waals surface area contributed by atoms with Crippen LogP contribution in [0.2, 0.25) is 0 Å². The molecule has 2 aliphatic rings. The summed E-state index contributed by atoms with van der Waals surface area (Å²) in [5.41, 5.74) is 2.41. The lowest BCUT2D eigenvalue weighted by atomic mass is 10.1. The van der Waals surface area contributed by atoms with E-state index in [0.29, 0.717) is 6.54 Å². The van der Waals surface area contributed by atoms with E-state index in [1.807, 2.05) is 4.90 Å². The van der Waals surface area contributed by atoms with Crippen molar-refractivity contribution in [1.29, 1.82) is 0 Å². The molecule has 2 aromatic rings. The van der Waals surface area contributed by atoms with Gasteiger partial charge in [-0.3, -0.25) is 9.69 Å². The molecular formula is C20H27N5O2. The van der Waals surface area contributed by atoms with Gasteiger partial charge in [0.15, 0.2) is 11.6 Å². The Morgan fingerprint density at radius 1 is 1.26 bits per heavy atom. The fraction of sp³-hybridized carbons (Fsp3) is 0.550. The van der Waals surface area contributed by atoms with E-state index < -0.39 is 0 Å². The molecule has 1 atom stereocenters. The lowest BCUT2D eigenvalue weighted by Gasteiger charge is -2.29. The molecule has 4 rings (SSSR count). The van der Waals surface area contributed by atoms with Crippen LogP contribution in [-0.4, -0.2) is 50.7 Å². The quantitative estimate of drug-likeness (QED) is 0.827. The Bertz CT molecular complexity index is 847. The first-order chi connectivity index (χ1) is 13.1. The molecule has 0 N–H and O–H groups in total. The van der Waals surface area contributed by atoms with E-state index in [0.717, 1.165) is 56.4 Å². The number of carbonyl (C=O) groups is 1. The summed E-state index contributed by atoms with van der Waals surface area (Å²) in [7, 11) is 1.73. The largest absolute Gasteiger partial charge is 0.496 e. The highest BCUT2D eigenvalue weighted by molar-refractivity contribution is 5.73. The number of ether oxygens (including phenoxy) is 1. The first-order valence-electron chi connectivity index (χ1n) is 9.62. The minimum absolute atomic E-state index is 0.0970. The van der Waals surface area contributed by atoms with Gasteiger partial charge in [-0.15, -0.1) is 10.2 Å². The Morgan fingerprint density at radius 3 is 2.89 bits per heavy atom. The number of aryl methyl sites for hydroxylation is 1. The molecule has 1 aromatic carbocycles. The molecule has 1 amide bonds. The number of amides is 1. The second-order valence-corrected chi connectivity index (χ2v) is 7.51. The summed E-state index contributed by atoms with van der Waals surface area (Å²) in [5, 5.41) is 8.91. The van der Waals surface area contributed by atoms with E-state index in [4.69, 9.17) is 4.74 Å². The summed E-state index contributed by atoms with van der Waals surface area (Å²) in [4.78, 5) is 16.0. The van der Waals surface area contributed by atoms with Gasteiger partial charge in [0.25, 0.3) is 0 Å². The Hall–Kier alpha value is -2.41. The number of likely N-dealkylation sites (tertiary alicyclic amines) is 1. The maximum atomic E-state index is 11.7. The molecule has 3 heterocycles. The van der Waals surface area contributed by atoms with Crippen LogP contribution >= 0.6 is 0 Å². The highest BCUT2D eigenvalue weighted by Gasteiger charge is 2.33. The molecule has 1 aromatic heterocycles. The standard InChI is InChI=1S/C20H27N5O2/c1-14-6-7-16(18(11-14)27-3)12-24-8-4-5-17(24)20-22-21-19-13-23(15(2)26)9-10-25(19)20/h6-7,11,17H,4-5,8-10,12-13H2,1-3H3/t17-/m0/s1. The number of hydrogen-bond donors (Lipinski definition) is 0. The number of rotatable bonds is 4. The maximum absolute atomic E-state index is 11.7. The fourth-order valence-corrected chi connectivity index (χ4v) is 4.20. The third-order valence-electron chi connectivity index (χ3n) is 5.70. The number of hydrogen-bond acceptors (Lipinski definition) is 5.